The molecule has 0 bridgehead atoms. The maximum atomic E-state index is 10.7. The molecule has 0 unspecified atom stereocenters. The predicted octanol–water partition coefficient (Wildman–Crippen LogP) is 11.9. The van der Waals surface area contributed by atoms with Crippen molar-refractivity contribution in [3.05, 3.63) is 176 Å². The second kappa shape index (κ2) is 16.8. The Hall–Kier alpha value is -5.83. The van der Waals surface area contributed by atoms with E-state index in [-0.39, 0.29) is 0 Å². The molecule has 302 valence electrons. The summed E-state index contributed by atoms with van der Waals surface area (Å²) in [5.41, 5.74) is 16.3. The van der Waals surface area contributed by atoms with Gasteiger partial charge in [-0.25, -0.2) is 0 Å². The number of aromatic hydroxyl groups is 4. The second-order valence-corrected chi connectivity index (χ2v) is 19.6. The van der Waals surface area contributed by atoms with Gasteiger partial charge in [0, 0.05) is 0 Å². The number of hydrogen-bond acceptors (Lipinski definition) is 4. The summed E-state index contributed by atoms with van der Waals surface area (Å²) in [6.45, 7) is 24.1. The SMILES string of the molecule is Cc1cc(-c2ccc(-c3cc(C)c(O)c(C)c3C)cc2)c(C)c(C)c1O.Cc1cc([P+](c2ccccc2)(c2ccccc2)c2cc(C)c(O)c(C)c2C)c(C)c(C)c1O. The van der Waals surface area contributed by atoms with Gasteiger partial charge < -0.3 is 20.4 Å². The monoisotopic (exact) mass is 801 g/mol. The van der Waals surface area contributed by atoms with Gasteiger partial charge >= 0.3 is 0 Å². The zero-order valence-corrected chi connectivity index (χ0v) is 37.5. The zero-order valence-electron chi connectivity index (χ0n) is 36.6. The van der Waals surface area contributed by atoms with Crippen LogP contribution >= 0.6 is 7.26 Å². The van der Waals surface area contributed by atoms with Gasteiger partial charge in [0.1, 0.15) is 51.5 Å². The lowest BCUT2D eigenvalue weighted by atomic mass is 9.90. The topological polar surface area (TPSA) is 80.9 Å². The van der Waals surface area contributed by atoms with Crippen LogP contribution in [-0.2, 0) is 0 Å². The van der Waals surface area contributed by atoms with Crippen LogP contribution in [0.4, 0.5) is 0 Å². The molecule has 0 aliphatic heterocycles. The van der Waals surface area contributed by atoms with Gasteiger partial charge in [0.2, 0.25) is 0 Å². The van der Waals surface area contributed by atoms with E-state index in [1.807, 2.05) is 67.5 Å². The molecule has 0 amide bonds. The summed E-state index contributed by atoms with van der Waals surface area (Å²) in [7, 11) is -2.35. The van der Waals surface area contributed by atoms with Gasteiger partial charge in [-0.2, -0.15) is 0 Å². The summed E-state index contributed by atoms with van der Waals surface area (Å²) < 4.78 is 0. The molecule has 7 aromatic rings. The molecule has 7 aromatic carbocycles. The summed E-state index contributed by atoms with van der Waals surface area (Å²) in [5, 5.41) is 46.8. The van der Waals surface area contributed by atoms with Crippen LogP contribution in [0, 0.1) is 83.1 Å². The van der Waals surface area contributed by atoms with E-state index in [0.717, 1.165) is 89.0 Å². The Kier molecular flexibility index (Phi) is 12.2. The lowest BCUT2D eigenvalue weighted by molar-refractivity contribution is 0.466. The average molecular weight is 802 g/mol. The molecular formula is C54H58O4P+. The molecule has 0 heterocycles. The van der Waals surface area contributed by atoms with Crippen LogP contribution < -0.4 is 21.2 Å². The van der Waals surface area contributed by atoms with Crippen LogP contribution in [0.15, 0.2) is 109 Å². The molecule has 0 atom stereocenters. The first-order valence-corrected chi connectivity index (χ1v) is 22.0. The molecule has 0 radical (unpaired) electrons. The minimum absolute atomic E-state index is 0.366. The first-order chi connectivity index (χ1) is 27.9. The van der Waals surface area contributed by atoms with Crippen molar-refractivity contribution in [2.75, 3.05) is 0 Å². The maximum Gasteiger partial charge on any atom is 0.144 e. The Morgan fingerprint density at radius 2 is 0.576 bits per heavy atom. The fraction of sp³-hybridized carbons (Fsp3) is 0.222. The van der Waals surface area contributed by atoms with E-state index in [4.69, 9.17) is 0 Å². The van der Waals surface area contributed by atoms with Crippen molar-refractivity contribution in [2.24, 2.45) is 0 Å². The van der Waals surface area contributed by atoms with E-state index in [1.54, 1.807) is 0 Å². The number of rotatable bonds is 6. The first kappa shape index (κ1) is 42.8. The lowest BCUT2D eigenvalue weighted by Crippen LogP contribution is -2.41. The van der Waals surface area contributed by atoms with E-state index >= 15 is 0 Å². The highest BCUT2D eigenvalue weighted by molar-refractivity contribution is 8.01. The van der Waals surface area contributed by atoms with Gasteiger partial charge in [-0.15, -0.1) is 0 Å². The van der Waals surface area contributed by atoms with Gasteiger partial charge in [-0.05, 0) is 221 Å². The molecule has 5 heteroatoms. The number of phenols is 4. The zero-order chi connectivity index (χ0) is 43.1. The summed E-state index contributed by atoms with van der Waals surface area (Å²) in [5.74, 6) is 1.50. The number of hydrogen-bond donors (Lipinski definition) is 4. The van der Waals surface area contributed by atoms with Crippen molar-refractivity contribution in [2.45, 2.75) is 83.1 Å². The van der Waals surface area contributed by atoms with Crippen LogP contribution in [-0.4, -0.2) is 20.4 Å². The van der Waals surface area contributed by atoms with Crippen molar-refractivity contribution >= 4 is 28.5 Å². The Balaban J connectivity index is 0.000000204. The number of phenolic OH excluding ortho intramolecular Hbond substituents is 4. The fourth-order valence-corrected chi connectivity index (χ4v) is 13.5. The van der Waals surface area contributed by atoms with Gasteiger partial charge in [0.05, 0.1) is 0 Å². The lowest BCUT2D eigenvalue weighted by Gasteiger charge is -2.32. The third-order valence-corrected chi connectivity index (χ3v) is 17.2. The smallest absolute Gasteiger partial charge is 0.144 e. The third kappa shape index (κ3) is 7.52. The molecule has 0 aliphatic carbocycles. The van der Waals surface area contributed by atoms with Gasteiger partial charge in [-0.1, -0.05) is 60.7 Å². The van der Waals surface area contributed by atoms with Crippen molar-refractivity contribution < 1.29 is 20.4 Å². The van der Waals surface area contributed by atoms with E-state index in [9.17, 15) is 20.4 Å². The van der Waals surface area contributed by atoms with Crippen LogP contribution in [0.25, 0.3) is 22.3 Å². The van der Waals surface area contributed by atoms with E-state index in [1.165, 1.54) is 21.2 Å². The Bertz CT molecular complexity index is 2510. The minimum Gasteiger partial charge on any atom is -0.507 e. The van der Waals surface area contributed by atoms with E-state index < -0.39 is 7.26 Å². The highest BCUT2D eigenvalue weighted by Crippen LogP contribution is 2.57. The summed E-state index contributed by atoms with van der Waals surface area (Å²) in [4.78, 5) is 0. The molecule has 0 aromatic heterocycles. The average Bonchev–Trinajstić information content (AvgIpc) is 3.25. The van der Waals surface area contributed by atoms with Crippen LogP contribution in [0.3, 0.4) is 0 Å². The Morgan fingerprint density at radius 3 is 0.881 bits per heavy atom. The van der Waals surface area contributed by atoms with Gasteiger partial charge in [0.25, 0.3) is 0 Å². The van der Waals surface area contributed by atoms with E-state index in [2.05, 4.69) is 125 Å². The molecule has 0 saturated carbocycles. The van der Waals surface area contributed by atoms with Crippen LogP contribution in [0.5, 0.6) is 23.0 Å². The Morgan fingerprint density at radius 1 is 0.305 bits per heavy atom. The predicted molar refractivity (Wildman–Crippen MR) is 252 cm³/mol. The molecule has 0 aliphatic rings. The first-order valence-electron chi connectivity index (χ1n) is 20.2. The van der Waals surface area contributed by atoms with Crippen molar-refractivity contribution in [3.8, 4) is 45.3 Å². The normalized spacial score (nSPS) is 11.3. The van der Waals surface area contributed by atoms with Gasteiger partial charge in [0.15, 0.2) is 0 Å². The molecule has 4 N–H and O–H groups in total. The largest absolute Gasteiger partial charge is 0.507 e. The van der Waals surface area contributed by atoms with E-state index in [0.29, 0.717) is 23.0 Å². The number of benzene rings is 7. The molecule has 0 spiro atoms. The second-order valence-electron chi connectivity index (χ2n) is 16.2. The molecule has 59 heavy (non-hydrogen) atoms. The molecule has 7 rings (SSSR count). The standard InChI is InChI=1S/C30H31O2P.C24H26O2/c1-19-17-27(21(3)23(5)29(19)31)33(25-13-9-7-10-14-25,26-15-11-8-12-16-26)28-18-20(2)30(32)24(6)22(28)4;1-13-11-21(15(3)17(5)23(13)25)19-7-9-20(10-8-19)22-12-14(2)24(26)18(6)16(22)4/h7-18H,1-6H3,(H-,31,32);7-12,25-26H,1-6H3/p+1. The highest BCUT2D eigenvalue weighted by atomic mass is 31.2. The molecule has 0 fully saturated rings. The van der Waals surface area contributed by atoms with Gasteiger partial charge in [-0.3, -0.25) is 0 Å². The minimum atomic E-state index is -2.35. The van der Waals surface area contributed by atoms with Crippen molar-refractivity contribution in [1.82, 2.24) is 0 Å². The molecule has 4 nitrogen and oxygen atoms in total. The maximum absolute atomic E-state index is 10.7. The highest BCUT2D eigenvalue weighted by Gasteiger charge is 2.51. The molecular weight excluding hydrogens is 744 g/mol. The molecule has 0 saturated heterocycles. The van der Waals surface area contributed by atoms with Crippen molar-refractivity contribution in [3.63, 3.8) is 0 Å². The fourth-order valence-electron chi connectivity index (χ4n) is 8.50. The summed E-state index contributed by atoms with van der Waals surface area (Å²) >= 11 is 0. The summed E-state index contributed by atoms with van der Waals surface area (Å²) in [6.07, 6.45) is 0. The third-order valence-electron chi connectivity index (χ3n) is 12.7. The van der Waals surface area contributed by atoms with Crippen LogP contribution in [0.1, 0.15) is 66.8 Å². The van der Waals surface area contributed by atoms with Crippen LogP contribution in [0.2, 0.25) is 0 Å². The Labute approximate surface area is 351 Å². The quantitative estimate of drug-likeness (QED) is 0.126. The van der Waals surface area contributed by atoms with Crippen molar-refractivity contribution in [1.29, 1.82) is 0 Å². The number of aryl methyl sites for hydroxylation is 4. The summed E-state index contributed by atoms with van der Waals surface area (Å²) in [6, 6.07) is 38.5.